The summed E-state index contributed by atoms with van der Waals surface area (Å²) in [4.78, 5) is 0. The summed E-state index contributed by atoms with van der Waals surface area (Å²) in [6.07, 6.45) is 1.72. The maximum Gasteiger partial charge on any atom is 0.118 e. The van der Waals surface area contributed by atoms with Crippen LogP contribution in [0.4, 0.5) is 0 Å². The molecule has 0 saturated carbocycles. The Morgan fingerprint density at radius 2 is 1.45 bits per heavy atom. The SMILES string of the molecule is [2H]/C(C#Cc1ccc(OC)cc1)=C/c1ccc(OC)cc1. The average Bonchev–Trinajstić information content (AvgIpc) is 2.54. The minimum absolute atomic E-state index is 0.260. The normalized spacial score (nSPS) is 11.1. The highest BCUT2D eigenvalue weighted by Gasteiger charge is 1.90. The molecule has 100 valence electrons. The Morgan fingerprint density at radius 3 is 2.00 bits per heavy atom. The predicted molar refractivity (Wildman–Crippen MR) is 81.9 cm³/mol. The van der Waals surface area contributed by atoms with Crippen LogP contribution in [-0.4, -0.2) is 14.2 Å². The molecule has 0 saturated heterocycles. The van der Waals surface area contributed by atoms with Crippen molar-refractivity contribution in [2.45, 2.75) is 0 Å². The van der Waals surface area contributed by atoms with Gasteiger partial charge in [0.15, 0.2) is 0 Å². The zero-order chi connectivity index (χ0) is 15.1. The Kier molecular flexibility index (Phi) is 4.37. The molecule has 0 atom stereocenters. The molecule has 2 heteroatoms. The quantitative estimate of drug-likeness (QED) is 0.786. The van der Waals surface area contributed by atoms with Crippen LogP contribution in [-0.2, 0) is 0 Å². The zero-order valence-electron chi connectivity index (χ0n) is 12.5. The van der Waals surface area contributed by atoms with E-state index in [0.717, 1.165) is 22.6 Å². The first kappa shape index (κ1) is 12.4. The number of allylic oxidation sites excluding steroid dienone is 1. The standard InChI is InChI=1S/C18H16O2/c1-19-17-11-7-15(8-12-17)5-3-4-6-16-9-13-18(20-2)14-10-16/h3,5,7-14H,1-2H3/b5-3-/i3D. The Bertz CT molecular complexity index is 674. The molecule has 2 aromatic carbocycles. The van der Waals surface area contributed by atoms with Crippen molar-refractivity contribution in [2.75, 3.05) is 14.2 Å². The first-order valence-electron chi connectivity index (χ1n) is 6.69. The van der Waals surface area contributed by atoms with Crippen LogP contribution in [0.2, 0.25) is 0 Å². The molecule has 0 N–H and O–H groups in total. The second-order valence-electron chi connectivity index (χ2n) is 4.04. The van der Waals surface area contributed by atoms with E-state index in [9.17, 15) is 0 Å². The Labute approximate surface area is 121 Å². The number of benzene rings is 2. The van der Waals surface area contributed by atoms with Gasteiger partial charge in [-0.2, -0.15) is 0 Å². The molecule has 0 amide bonds. The average molecular weight is 265 g/mol. The summed E-state index contributed by atoms with van der Waals surface area (Å²) in [5.41, 5.74) is 1.77. The molecule has 20 heavy (non-hydrogen) atoms. The molecule has 0 aliphatic rings. The lowest BCUT2D eigenvalue weighted by atomic mass is 10.2. The maximum absolute atomic E-state index is 7.87. The van der Waals surface area contributed by atoms with E-state index in [1.807, 2.05) is 48.5 Å². The zero-order valence-corrected chi connectivity index (χ0v) is 11.5. The molecule has 0 aromatic heterocycles. The highest BCUT2D eigenvalue weighted by molar-refractivity contribution is 5.54. The summed E-state index contributed by atoms with van der Waals surface area (Å²) < 4.78 is 18.0. The van der Waals surface area contributed by atoms with Crippen molar-refractivity contribution < 1.29 is 10.8 Å². The van der Waals surface area contributed by atoms with E-state index in [0.29, 0.717) is 0 Å². The molecule has 0 fully saturated rings. The van der Waals surface area contributed by atoms with E-state index in [4.69, 9.17) is 10.8 Å². The second kappa shape index (κ2) is 7.06. The van der Waals surface area contributed by atoms with Gasteiger partial charge in [0, 0.05) is 5.56 Å². The van der Waals surface area contributed by atoms with Crippen LogP contribution in [0.3, 0.4) is 0 Å². The number of ether oxygens (including phenoxy) is 2. The molecule has 0 aliphatic carbocycles. The first-order chi connectivity index (χ1) is 10.2. The van der Waals surface area contributed by atoms with Gasteiger partial charge in [0.2, 0.25) is 0 Å². The third-order valence-corrected chi connectivity index (χ3v) is 2.72. The molecule has 0 spiro atoms. The van der Waals surface area contributed by atoms with Gasteiger partial charge in [0.25, 0.3) is 0 Å². The minimum atomic E-state index is 0.260. The third kappa shape index (κ3) is 3.93. The van der Waals surface area contributed by atoms with Crippen molar-refractivity contribution in [3.63, 3.8) is 0 Å². The fourth-order valence-corrected chi connectivity index (χ4v) is 1.60. The number of rotatable bonds is 3. The highest BCUT2D eigenvalue weighted by Crippen LogP contribution is 2.12. The summed E-state index contributed by atoms with van der Waals surface area (Å²) in [6, 6.07) is 15.2. The van der Waals surface area contributed by atoms with Gasteiger partial charge in [0.1, 0.15) is 11.5 Å². The van der Waals surface area contributed by atoms with Crippen LogP contribution in [0.15, 0.2) is 54.6 Å². The lowest BCUT2D eigenvalue weighted by molar-refractivity contribution is 0.414. The lowest BCUT2D eigenvalue weighted by Gasteiger charge is -1.98. The first-order valence-corrected chi connectivity index (χ1v) is 6.19. The largest absolute Gasteiger partial charge is 0.497 e. The van der Waals surface area contributed by atoms with E-state index >= 15 is 0 Å². The lowest BCUT2D eigenvalue weighted by Crippen LogP contribution is -1.81. The van der Waals surface area contributed by atoms with Crippen LogP contribution >= 0.6 is 0 Å². The van der Waals surface area contributed by atoms with Crippen molar-refractivity contribution in [3.05, 3.63) is 65.7 Å². The molecule has 0 bridgehead atoms. The monoisotopic (exact) mass is 265 g/mol. The van der Waals surface area contributed by atoms with Gasteiger partial charge in [0.05, 0.1) is 15.6 Å². The van der Waals surface area contributed by atoms with Gasteiger partial charge in [-0.25, -0.2) is 0 Å². The van der Waals surface area contributed by atoms with Gasteiger partial charge in [-0.05, 0) is 54.1 Å². The topological polar surface area (TPSA) is 18.5 Å². The van der Waals surface area contributed by atoms with Crippen LogP contribution in [0.1, 0.15) is 12.5 Å². The molecular formula is C18H16O2. The van der Waals surface area contributed by atoms with Crippen molar-refractivity contribution >= 4 is 6.08 Å². The number of methoxy groups -OCH3 is 2. The van der Waals surface area contributed by atoms with Crippen molar-refractivity contribution in [1.29, 1.82) is 0 Å². The van der Waals surface area contributed by atoms with Crippen molar-refractivity contribution in [2.24, 2.45) is 0 Å². The summed E-state index contributed by atoms with van der Waals surface area (Å²) in [5.74, 6) is 7.36. The van der Waals surface area contributed by atoms with Crippen molar-refractivity contribution in [1.82, 2.24) is 0 Å². The number of hydrogen-bond donors (Lipinski definition) is 0. The second-order valence-corrected chi connectivity index (χ2v) is 4.04. The van der Waals surface area contributed by atoms with E-state index in [-0.39, 0.29) is 6.05 Å². The van der Waals surface area contributed by atoms with E-state index in [1.54, 1.807) is 20.3 Å². The van der Waals surface area contributed by atoms with E-state index in [2.05, 4.69) is 11.8 Å². The number of hydrogen-bond acceptors (Lipinski definition) is 2. The molecule has 2 rings (SSSR count). The van der Waals surface area contributed by atoms with Crippen LogP contribution in [0.5, 0.6) is 11.5 Å². The van der Waals surface area contributed by atoms with E-state index < -0.39 is 0 Å². The summed E-state index contributed by atoms with van der Waals surface area (Å²) in [6.45, 7) is 0. The molecule has 0 radical (unpaired) electrons. The smallest absolute Gasteiger partial charge is 0.118 e. The van der Waals surface area contributed by atoms with Gasteiger partial charge >= 0.3 is 0 Å². The van der Waals surface area contributed by atoms with Gasteiger partial charge < -0.3 is 9.47 Å². The Balaban J connectivity index is 2.10. The Hall–Kier alpha value is -2.66. The summed E-state index contributed by atoms with van der Waals surface area (Å²) >= 11 is 0. The van der Waals surface area contributed by atoms with Crippen LogP contribution in [0.25, 0.3) is 6.08 Å². The highest BCUT2D eigenvalue weighted by atomic mass is 16.5. The van der Waals surface area contributed by atoms with Crippen LogP contribution in [0, 0.1) is 11.8 Å². The fourth-order valence-electron chi connectivity index (χ4n) is 1.60. The molecule has 2 aromatic rings. The minimum Gasteiger partial charge on any atom is -0.497 e. The fraction of sp³-hybridized carbons (Fsp3) is 0.111. The molecule has 0 aliphatic heterocycles. The third-order valence-electron chi connectivity index (χ3n) is 2.72. The Morgan fingerprint density at radius 1 is 0.900 bits per heavy atom. The van der Waals surface area contributed by atoms with Crippen LogP contribution < -0.4 is 9.47 Å². The molecule has 0 unspecified atom stereocenters. The van der Waals surface area contributed by atoms with Gasteiger partial charge in [-0.3, -0.25) is 0 Å². The summed E-state index contributed by atoms with van der Waals surface area (Å²) in [7, 11) is 3.25. The van der Waals surface area contributed by atoms with Crippen molar-refractivity contribution in [3.8, 4) is 23.3 Å². The van der Waals surface area contributed by atoms with Gasteiger partial charge in [-0.1, -0.05) is 24.0 Å². The predicted octanol–water partition coefficient (Wildman–Crippen LogP) is 3.77. The maximum atomic E-state index is 7.87. The van der Waals surface area contributed by atoms with Gasteiger partial charge in [-0.15, -0.1) is 0 Å². The molecular weight excluding hydrogens is 248 g/mol. The summed E-state index contributed by atoms with van der Waals surface area (Å²) in [5, 5.41) is 0. The van der Waals surface area contributed by atoms with E-state index in [1.165, 1.54) is 0 Å². The molecule has 2 nitrogen and oxygen atoms in total. The molecule has 0 heterocycles.